The second kappa shape index (κ2) is 9.46. The summed E-state index contributed by atoms with van der Waals surface area (Å²) in [5.41, 5.74) is 2.30. The molecule has 1 aliphatic rings. The monoisotopic (exact) mass is 482 g/mol. The summed E-state index contributed by atoms with van der Waals surface area (Å²) >= 11 is 0. The zero-order valence-corrected chi connectivity index (χ0v) is 20.1. The van der Waals surface area contributed by atoms with Crippen LogP contribution in [0.5, 0.6) is 0 Å². The standard InChI is InChI=1S/C24H29F3N2O3S/c1-16-13-17(2)22(18(3)14-16)33(31,32)29-11-9-20(10-12-29)23(30)28(4)15-19-5-7-21(8-6-19)24(25,26)27/h5-8,13-14,20H,9-12,15H2,1-4H3. The third kappa shape index (κ3) is 5.58. The van der Waals surface area contributed by atoms with Crippen molar-refractivity contribution >= 4 is 15.9 Å². The van der Waals surface area contributed by atoms with E-state index in [1.54, 1.807) is 20.9 Å². The van der Waals surface area contributed by atoms with E-state index < -0.39 is 21.8 Å². The smallest absolute Gasteiger partial charge is 0.341 e. The fourth-order valence-electron chi connectivity index (χ4n) is 4.51. The lowest BCUT2D eigenvalue weighted by atomic mass is 9.96. The van der Waals surface area contributed by atoms with Crippen LogP contribution >= 0.6 is 0 Å². The van der Waals surface area contributed by atoms with Crippen LogP contribution in [0.25, 0.3) is 0 Å². The molecule has 3 rings (SSSR count). The fraction of sp³-hybridized carbons (Fsp3) is 0.458. The van der Waals surface area contributed by atoms with Gasteiger partial charge in [-0.05, 0) is 62.4 Å². The third-order valence-electron chi connectivity index (χ3n) is 6.08. The van der Waals surface area contributed by atoms with Crippen molar-refractivity contribution in [1.82, 2.24) is 9.21 Å². The summed E-state index contributed by atoms with van der Waals surface area (Å²) in [6.07, 6.45) is -3.59. The van der Waals surface area contributed by atoms with Crippen molar-refractivity contribution in [2.45, 2.75) is 51.2 Å². The highest BCUT2D eigenvalue weighted by molar-refractivity contribution is 7.89. The zero-order chi connectivity index (χ0) is 24.6. The van der Waals surface area contributed by atoms with E-state index in [4.69, 9.17) is 0 Å². The van der Waals surface area contributed by atoms with Crippen molar-refractivity contribution in [1.29, 1.82) is 0 Å². The van der Waals surface area contributed by atoms with E-state index in [1.165, 1.54) is 21.3 Å². The van der Waals surface area contributed by atoms with Crippen LogP contribution in [0.4, 0.5) is 13.2 Å². The average Bonchev–Trinajstić information content (AvgIpc) is 2.72. The van der Waals surface area contributed by atoms with Gasteiger partial charge in [0.1, 0.15) is 0 Å². The van der Waals surface area contributed by atoms with Gasteiger partial charge in [-0.1, -0.05) is 29.8 Å². The van der Waals surface area contributed by atoms with E-state index in [-0.39, 0.29) is 31.5 Å². The molecule has 0 aromatic heterocycles. The van der Waals surface area contributed by atoms with E-state index in [0.29, 0.717) is 34.4 Å². The SMILES string of the molecule is Cc1cc(C)c(S(=O)(=O)N2CCC(C(=O)N(C)Cc3ccc(C(F)(F)F)cc3)CC2)c(C)c1. The molecule has 0 bridgehead atoms. The van der Waals surface area contributed by atoms with Crippen LogP contribution < -0.4 is 0 Å². The molecule has 0 unspecified atom stereocenters. The number of nitrogens with zero attached hydrogens (tertiary/aromatic N) is 2. The lowest BCUT2D eigenvalue weighted by Gasteiger charge is -2.33. The maximum absolute atomic E-state index is 13.2. The first-order valence-corrected chi connectivity index (χ1v) is 12.2. The van der Waals surface area contributed by atoms with Gasteiger partial charge in [-0.15, -0.1) is 0 Å². The summed E-state index contributed by atoms with van der Waals surface area (Å²) in [7, 11) is -2.04. The normalized spacial score (nSPS) is 16.1. The zero-order valence-electron chi connectivity index (χ0n) is 19.2. The topological polar surface area (TPSA) is 57.7 Å². The average molecular weight is 483 g/mol. The molecular weight excluding hydrogens is 453 g/mol. The summed E-state index contributed by atoms with van der Waals surface area (Å²) in [5.74, 6) is -0.453. The van der Waals surface area contributed by atoms with Gasteiger partial charge in [0.15, 0.2) is 0 Å². The second-order valence-corrected chi connectivity index (χ2v) is 10.7. The number of aryl methyl sites for hydroxylation is 3. The molecule has 0 N–H and O–H groups in total. The van der Waals surface area contributed by atoms with Crippen LogP contribution in [0.1, 0.15) is 40.7 Å². The number of carbonyl (C=O) groups is 1. The lowest BCUT2D eigenvalue weighted by molar-refractivity contribution is -0.138. The van der Waals surface area contributed by atoms with Crippen LogP contribution in [0, 0.1) is 26.7 Å². The van der Waals surface area contributed by atoms with Crippen molar-refractivity contribution in [3.05, 3.63) is 64.2 Å². The van der Waals surface area contributed by atoms with Gasteiger partial charge in [0, 0.05) is 32.6 Å². The minimum absolute atomic E-state index is 0.130. The van der Waals surface area contributed by atoms with Crippen molar-refractivity contribution in [2.75, 3.05) is 20.1 Å². The molecule has 1 amide bonds. The Labute approximate surface area is 193 Å². The Balaban J connectivity index is 1.63. The van der Waals surface area contributed by atoms with Crippen molar-refractivity contribution in [3.8, 4) is 0 Å². The van der Waals surface area contributed by atoms with E-state index in [1.807, 2.05) is 19.1 Å². The molecule has 1 saturated heterocycles. The number of benzene rings is 2. The molecule has 0 saturated carbocycles. The quantitative estimate of drug-likeness (QED) is 0.621. The molecule has 0 aliphatic carbocycles. The molecule has 1 aliphatic heterocycles. The first-order valence-electron chi connectivity index (χ1n) is 10.8. The van der Waals surface area contributed by atoms with E-state index in [0.717, 1.165) is 17.7 Å². The number of hydrogen-bond acceptors (Lipinski definition) is 3. The van der Waals surface area contributed by atoms with Gasteiger partial charge in [0.05, 0.1) is 10.5 Å². The number of carbonyl (C=O) groups excluding carboxylic acids is 1. The maximum Gasteiger partial charge on any atom is 0.416 e. The number of rotatable bonds is 5. The summed E-state index contributed by atoms with van der Waals surface area (Å²) in [6.45, 7) is 6.20. The van der Waals surface area contributed by atoms with Crippen LogP contribution in [0.15, 0.2) is 41.3 Å². The summed E-state index contributed by atoms with van der Waals surface area (Å²) in [5, 5.41) is 0. The predicted octanol–water partition coefficient (Wildman–Crippen LogP) is 4.69. The van der Waals surface area contributed by atoms with Crippen molar-refractivity contribution in [2.24, 2.45) is 5.92 Å². The fourth-order valence-corrected chi connectivity index (χ4v) is 6.39. The highest BCUT2D eigenvalue weighted by Crippen LogP contribution is 2.31. The largest absolute Gasteiger partial charge is 0.416 e. The number of alkyl halides is 3. The van der Waals surface area contributed by atoms with Crippen LogP contribution in [0.2, 0.25) is 0 Å². The Morgan fingerprint density at radius 2 is 1.55 bits per heavy atom. The molecule has 2 aromatic carbocycles. The predicted molar refractivity (Wildman–Crippen MR) is 120 cm³/mol. The maximum atomic E-state index is 13.2. The summed E-state index contributed by atoms with van der Waals surface area (Å²) < 4.78 is 66.1. The summed E-state index contributed by atoms with van der Waals surface area (Å²) in [6, 6.07) is 8.46. The minimum Gasteiger partial charge on any atom is -0.341 e. The van der Waals surface area contributed by atoms with Gasteiger partial charge in [-0.3, -0.25) is 4.79 Å². The van der Waals surface area contributed by atoms with E-state index in [2.05, 4.69) is 0 Å². The number of piperidine rings is 1. The van der Waals surface area contributed by atoms with Gasteiger partial charge < -0.3 is 4.90 Å². The van der Waals surface area contributed by atoms with Crippen LogP contribution in [0.3, 0.4) is 0 Å². The van der Waals surface area contributed by atoms with Gasteiger partial charge >= 0.3 is 6.18 Å². The minimum atomic E-state index is -4.40. The Hall–Kier alpha value is -2.39. The molecule has 180 valence electrons. The van der Waals surface area contributed by atoms with E-state index >= 15 is 0 Å². The second-order valence-electron chi connectivity index (χ2n) is 8.80. The lowest BCUT2D eigenvalue weighted by Crippen LogP contribution is -2.43. The Morgan fingerprint density at radius 1 is 1.03 bits per heavy atom. The third-order valence-corrected chi connectivity index (χ3v) is 8.29. The van der Waals surface area contributed by atoms with Gasteiger partial charge in [0.2, 0.25) is 15.9 Å². The first-order chi connectivity index (χ1) is 15.3. The number of sulfonamides is 1. The highest BCUT2D eigenvalue weighted by Gasteiger charge is 2.35. The molecule has 1 fully saturated rings. The number of halogens is 3. The molecule has 5 nitrogen and oxygen atoms in total. The van der Waals surface area contributed by atoms with Gasteiger partial charge in [-0.2, -0.15) is 17.5 Å². The Morgan fingerprint density at radius 3 is 2.03 bits per heavy atom. The van der Waals surface area contributed by atoms with Gasteiger partial charge in [0.25, 0.3) is 0 Å². The molecule has 0 spiro atoms. The molecule has 33 heavy (non-hydrogen) atoms. The molecule has 9 heteroatoms. The molecule has 2 aromatic rings. The number of amides is 1. The Bertz CT molecular complexity index is 1100. The Kier molecular flexibility index (Phi) is 7.24. The molecule has 0 radical (unpaired) electrons. The molecule has 0 atom stereocenters. The molecule has 1 heterocycles. The molecular formula is C24H29F3N2O3S. The van der Waals surface area contributed by atoms with Crippen LogP contribution in [-0.2, 0) is 27.5 Å². The number of hydrogen-bond donors (Lipinski definition) is 0. The van der Waals surface area contributed by atoms with Crippen LogP contribution in [-0.4, -0.2) is 43.7 Å². The highest BCUT2D eigenvalue weighted by atomic mass is 32.2. The van der Waals surface area contributed by atoms with Gasteiger partial charge in [-0.25, -0.2) is 8.42 Å². The van der Waals surface area contributed by atoms with Crippen molar-refractivity contribution in [3.63, 3.8) is 0 Å². The first kappa shape index (κ1) is 25.2. The van der Waals surface area contributed by atoms with Crippen molar-refractivity contribution < 1.29 is 26.4 Å². The summed E-state index contributed by atoms with van der Waals surface area (Å²) in [4.78, 5) is 14.7. The van der Waals surface area contributed by atoms with E-state index in [9.17, 15) is 26.4 Å².